The predicted octanol–water partition coefficient (Wildman–Crippen LogP) is 2.49. The molecule has 0 amide bonds. The number of hydrogen-bond donors (Lipinski definition) is 1. The Morgan fingerprint density at radius 1 is 1.47 bits per heavy atom. The van der Waals surface area contributed by atoms with E-state index >= 15 is 0 Å². The molecule has 1 N–H and O–H groups in total. The zero-order valence-corrected chi connectivity index (χ0v) is 10.5. The van der Waals surface area contributed by atoms with Crippen molar-refractivity contribution in [1.82, 2.24) is 14.8 Å². The molecule has 0 atom stereocenters. The van der Waals surface area contributed by atoms with Gasteiger partial charge in [-0.2, -0.15) is 0 Å². The van der Waals surface area contributed by atoms with Gasteiger partial charge < -0.3 is 0 Å². The Hall–Kier alpha value is -1.46. The molecule has 88 valence electrons. The highest BCUT2D eigenvalue weighted by molar-refractivity contribution is 7.99. The molecule has 0 aliphatic heterocycles. The van der Waals surface area contributed by atoms with Gasteiger partial charge >= 0.3 is 5.69 Å². The SMILES string of the molecule is C=CCSc1n[nH]c(=O)n1-c1ccc(Cl)cc1. The van der Waals surface area contributed by atoms with Crippen molar-refractivity contribution in [3.05, 3.63) is 52.4 Å². The number of hydrogen-bond acceptors (Lipinski definition) is 3. The number of benzene rings is 1. The first-order valence-corrected chi connectivity index (χ1v) is 6.26. The lowest BCUT2D eigenvalue weighted by Gasteiger charge is -2.04. The molecule has 0 aliphatic carbocycles. The van der Waals surface area contributed by atoms with E-state index in [0.717, 1.165) is 5.69 Å². The van der Waals surface area contributed by atoms with Crippen LogP contribution in [0.1, 0.15) is 0 Å². The number of nitrogens with zero attached hydrogens (tertiary/aromatic N) is 2. The molecule has 0 spiro atoms. The molecule has 17 heavy (non-hydrogen) atoms. The van der Waals surface area contributed by atoms with Gasteiger partial charge in [-0.15, -0.1) is 11.7 Å². The molecule has 0 radical (unpaired) electrons. The number of nitrogens with one attached hydrogen (secondary N) is 1. The smallest absolute Gasteiger partial charge is 0.246 e. The Balaban J connectivity index is 2.43. The normalized spacial score (nSPS) is 10.4. The van der Waals surface area contributed by atoms with Gasteiger partial charge in [-0.1, -0.05) is 29.4 Å². The zero-order valence-electron chi connectivity index (χ0n) is 8.89. The Morgan fingerprint density at radius 3 is 2.82 bits per heavy atom. The molecule has 0 aliphatic rings. The maximum atomic E-state index is 11.7. The van der Waals surface area contributed by atoms with Crippen molar-refractivity contribution in [1.29, 1.82) is 0 Å². The maximum Gasteiger partial charge on any atom is 0.348 e. The van der Waals surface area contributed by atoms with E-state index in [2.05, 4.69) is 16.8 Å². The lowest BCUT2D eigenvalue weighted by Crippen LogP contribution is -2.15. The van der Waals surface area contributed by atoms with Gasteiger partial charge in [-0.05, 0) is 24.3 Å². The molecule has 4 nitrogen and oxygen atoms in total. The molecule has 0 saturated heterocycles. The van der Waals surface area contributed by atoms with E-state index in [1.165, 1.54) is 16.3 Å². The minimum atomic E-state index is -0.265. The number of aromatic amines is 1. The second kappa shape index (κ2) is 5.25. The maximum absolute atomic E-state index is 11.7. The van der Waals surface area contributed by atoms with E-state index in [-0.39, 0.29) is 5.69 Å². The highest BCUT2D eigenvalue weighted by Crippen LogP contribution is 2.18. The third kappa shape index (κ3) is 2.62. The van der Waals surface area contributed by atoms with Gasteiger partial charge in [-0.3, -0.25) is 0 Å². The van der Waals surface area contributed by atoms with Gasteiger partial charge in [0.05, 0.1) is 5.69 Å². The molecule has 1 aromatic carbocycles. The average Bonchev–Trinajstić information content (AvgIpc) is 2.69. The summed E-state index contributed by atoms with van der Waals surface area (Å²) in [6, 6.07) is 7.02. The third-order valence-electron chi connectivity index (χ3n) is 2.06. The molecular weight excluding hydrogens is 258 g/mol. The van der Waals surface area contributed by atoms with Crippen LogP contribution in [-0.4, -0.2) is 20.5 Å². The van der Waals surface area contributed by atoms with Gasteiger partial charge in [0.15, 0.2) is 5.16 Å². The molecular formula is C11H10ClN3OS. The topological polar surface area (TPSA) is 50.7 Å². The summed E-state index contributed by atoms with van der Waals surface area (Å²) >= 11 is 7.24. The van der Waals surface area contributed by atoms with Crippen molar-refractivity contribution < 1.29 is 0 Å². The molecule has 0 saturated carbocycles. The fourth-order valence-corrected chi connectivity index (χ4v) is 2.15. The largest absolute Gasteiger partial charge is 0.348 e. The summed E-state index contributed by atoms with van der Waals surface area (Å²) in [6.45, 7) is 3.63. The fourth-order valence-electron chi connectivity index (χ4n) is 1.33. The van der Waals surface area contributed by atoms with E-state index in [0.29, 0.717) is 15.9 Å². The highest BCUT2D eigenvalue weighted by atomic mass is 35.5. The number of aromatic nitrogens is 3. The van der Waals surface area contributed by atoms with Crippen molar-refractivity contribution in [2.75, 3.05) is 5.75 Å². The summed E-state index contributed by atoms with van der Waals surface area (Å²) in [4.78, 5) is 11.7. The van der Waals surface area contributed by atoms with Crippen LogP contribution in [0.25, 0.3) is 5.69 Å². The number of rotatable bonds is 4. The van der Waals surface area contributed by atoms with Gasteiger partial charge in [0.1, 0.15) is 0 Å². The number of thioether (sulfide) groups is 1. The highest BCUT2D eigenvalue weighted by Gasteiger charge is 2.09. The average molecular weight is 268 g/mol. The van der Waals surface area contributed by atoms with Crippen molar-refractivity contribution in [2.24, 2.45) is 0 Å². The lowest BCUT2D eigenvalue weighted by molar-refractivity contribution is 0.871. The minimum absolute atomic E-state index is 0.265. The summed E-state index contributed by atoms with van der Waals surface area (Å²) in [5.74, 6) is 0.692. The van der Waals surface area contributed by atoms with Crippen LogP contribution in [0.2, 0.25) is 5.02 Å². The first kappa shape index (κ1) is 12.0. The van der Waals surface area contributed by atoms with Crippen LogP contribution < -0.4 is 5.69 Å². The quantitative estimate of drug-likeness (QED) is 0.684. The number of halogens is 1. The lowest BCUT2D eigenvalue weighted by atomic mass is 10.3. The molecule has 1 heterocycles. The minimum Gasteiger partial charge on any atom is -0.246 e. The second-order valence-electron chi connectivity index (χ2n) is 3.22. The molecule has 2 rings (SSSR count). The fraction of sp³-hybridized carbons (Fsp3) is 0.0909. The van der Waals surface area contributed by atoms with E-state index in [1.807, 2.05) is 0 Å². The summed E-state index contributed by atoms with van der Waals surface area (Å²) in [7, 11) is 0. The zero-order chi connectivity index (χ0) is 12.3. The Labute approximate surface area is 107 Å². The summed E-state index contributed by atoms with van der Waals surface area (Å²) in [6.07, 6.45) is 1.76. The van der Waals surface area contributed by atoms with Crippen molar-refractivity contribution in [2.45, 2.75) is 5.16 Å². The van der Waals surface area contributed by atoms with Crippen molar-refractivity contribution in [3.63, 3.8) is 0 Å². The molecule has 0 fully saturated rings. The van der Waals surface area contributed by atoms with Crippen LogP contribution in [0.4, 0.5) is 0 Å². The molecule has 0 bridgehead atoms. The Bertz CT molecular complexity index is 573. The van der Waals surface area contributed by atoms with E-state index in [4.69, 9.17) is 11.6 Å². The van der Waals surface area contributed by atoms with Gasteiger partial charge in [0.25, 0.3) is 0 Å². The first-order chi connectivity index (χ1) is 8.22. The predicted molar refractivity (Wildman–Crippen MR) is 70.1 cm³/mol. The van der Waals surface area contributed by atoms with Crippen molar-refractivity contribution in [3.8, 4) is 5.69 Å². The summed E-state index contributed by atoms with van der Waals surface area (Å²) in [5, 5.41) is 7.63. The van der Waals surface area contributed by atoms with Crippen molar-refractivity contribution >= 4 is 23.4 Å². The summed E-state index contributed by atoms with van der Waals surface area (Å²) in [5.41, 5.74) is 0.471. The van der Waals surface area contributed by atoms with E-state index < -0.39 is 0 Å². The van der Waals surface area contributed by atoms with Crippen LogP contribution in [0.5, 0.6) is 0 Å². The second-order valence-corrected chi connectivity index (χ2v) is 4.65. The Kier molecular flexibility index (Phi) is 3.71. The first-order valence-electron chi connectivity index (χ1n) is 4.89. The summed E-state index contributed by atoms with van der Waals surface area (Å²) < 4.78 is 1.50. The van der Waals surface area contributed by atoms with Gasteiger partial charge in [-0.25, -0.2) is 14.5 Å². The van der Waals surface area contributed by atoms with Crippen LogP contribution in [-0.2, 0) is 0 Å². The van der Waals surface area contributed by atoms with E-state index in [9.17, 15) is 4.79 Å². The van der Waals surface area contributed by atoms with Crippen LogP contribution in [0, 0.1) is 0 Å². The molecule has 2 aromatic rings. The molecule has 1 aromatic heterocycles. The Morgan fingerprint density at radius 2 is 2.18 bits per heavy atom. The molecule has 0 unspecified atom stereocenters. The number of H-pyrrole nitrogens is 1. The van der Waals surface area contributed by atoms with Gasteiger partial charge in [0.2, 0.25) is 0 Å². The van der Waals surface area contributed by atoms with Crippen LogP contribution in [0.15, 0.2) is 46.9 Å². The van der Waals surface area contributed by atoms with Crippen LogP contribution in [0.3, 0.4) is 0 Å². The van der Waals surface area contributed by atoms with E-state index in [1.54, 1.807) is 30.3 Å². The molecule has 6 heteroatoms. The standard InChI is InChI=1S/C11H10ClN3OS/c1-2-7-17-11-14-13-10(16)15(11)9-5-3-8(12)4-6-9/h2-6H,1,7H2,(H,13,16). The third-order valence-corrected chi connectivity index (χ3v) is 3.24. The van der Waals surface area contributed by atoms with Gasteiger partial charge in [0, 0.05) is 10.8 Å². The van der Waals surface area contributed by atoms with Crippen LogP contribution >= 0.6 is 23.4 Å². The monoisotopic (exact) mass is 267 g/mol.